The molecule has 2 atom stereocenters. The number of aldehydes is 1. The van der Waals surface area contributed by atoms with Gasteiger partial charge >= 0.3 is 0 Å². The minimum Gasteiger partial charge on any atom is -0.443 e. The number of hydrogen-bond donors (Lipinski definition) is 4. The van der Waals surface area contributed by atoms with Gasteiger partial charge in [0, 0.05) is 0 Å². The Balaban J connectivity index is 1.20. The fraction of sp³-hybridized carbons (Fsp3) is 0.308. The predicted molar refractivity (Wildman–Crippen MR) is 144 cm³/mol. The lowest BCUT2D eigenvalue weighted by Crippen LogP contribution is -2.50. The minimum absolute atomic E-state index is 0.0472. The SMILES string of the molecule is CC(N)C(=O)NC(CCCCN)C(=O)NCc1coc(-c2coc(-c3coc(-c4coc(-c5coc(C=O)n5)n4)n3)n2)n1. The van der Waals surface area contributed by atoms with E-state index >= 15 is 0 Å². The Bertz CT molecular complexity index is 1690. The smallest absolute Gasteiger partial charge is 0.260 e. The van der Waals surface area contributed by atoms with Crippen LogP contribution >= 0.6 is 0 Å². The standard InChI is InChI=1S/C26H27N9O8/c1-13(28)21(37)32-15(4-2-3-5-27)22(38)29-6-14-8-40-23(30-14)17-10-42-25(33-17)19-12-43-26(35-19)18-11-41-24(34-18)16-9-39-20(7-36)31-16/h7-13,15H,2-6,27-28H2,1H3,(H,29,38)(H,32,37). The molecule has 5 heterocycles. The topological polar surface area (TPSA) is 257 Å². The van der Waals surface area contributed by atoms with Crippen molar-refractivity contribution in [2.24, 2.45) is 11.5 Å². The first kappa shape index (κ1) is 29.1. The van der Waals surface area contributed by atoms with Gasteiger partial charge in [-0.25, -0.2) is 24.9 Å². The molecule has 43 heavy (non-hydrogen) atoms. The van der Waals surface area contributed by atoms with Crippen molar-refractivity contribution in [3.63, 3.8) is 0 Å². The number of nitrogens with zero attached hydrogens (tertiary/aromatic N) is 5. The van der Waals surface area contributed by atoms with Crippen LogP contribution in [-0.2, 0) is 16.1 Å². The van der Waals surface area contributed by atoms with Crippen LogP contribution in [0.3, 0.4) is 0 Å². The highest BCUT2D eigenvalue weighted by Crippen LogP contribution is 2.28. The number of nitrogens with two attached hydrogens (primary N) is 2. The van der Waals surface area contributed by atoms with Crippen molar-refractivity contribution in [3.05, 3.63) is 42.9 Å². The number of carbonyl (C=O) groups excluding carboxylic acids is 3. The highest BCUT2D eigenvalue weighted by atomic mass is 16.4. The first-order valence-corrected chi connectivity index (χ1v) is 13.1. The van der Waals surface area contributed by atoms with Gasteiger partial charge in [0.15, 0.2) is 22.8 Å². The highest BCUT2D eigenvalue weighted by molar-refractivity contribution is 5.89. The Morgan fingerprint density at radius 3 is 1.86 bits per heavy atom. The summed E-state index contributed by atoms with van der Waals surface area (Å²) in [5.74, 6) is -0.414. The first-order valence-electron chi connectivity index (χ1n) is 13.1. The molecule has 5 aromatic heterocycles. The third kappa shape index (κ3) is 6.91. The Labute approximate surface area is 242 Å². The monoisotopic (exact) mass is 593 g/mol. The van der Waals surface area contributed by atoms with Crippen molar-refractivity contribution in [1.29, 1.82) is 0 Å². The Morgan fingerprint density at radius 1 is 0.791 bits per heavy atom. The van der Waals surface area contributed by atoms with Crippen LogP contribution in [0.2, 0.25) is 0 Å². The van der Waals surface area contributed by atoms with Crippen LogP contribution in [0.15, 0.2) is 53.4 Å². The molecule has 5 aromatic rings. The average molecular weight is 594 g/mol. The Kier molecular flexibility index (Phi) is 8.82. The predicted octanol–water partition coefficient (Wildman–Crippen LogP) is 1.68. The number of unbranched alkanes of at least 4 members (excludes halogenated alkanes) is 1. The van der Waals surface area contributed by atoms with Crippen LogP contribution < -0.4 is 22.1 Å². The van der Waals surface area contributed by atoms with Gasteiger partial charge in [0.2, 0.25) is 41.7 Å². The molecule has 0 spiro atoms. The molecule has 17 nitrogen and oxygen atoms in total. The summed E-state index contributed by atoms with van der Waals surface area (Å²) in [5, 5.41) is 5.41. The van der Waals surface area contributed by atoms with Crippen molar-refractivity contribution >= 4 is 18.1 Å². The minimum atomic E-state index is -0.761. The lowest BCUT2D eigenvalue weighted by molar-refractivity contribution is -0.129. The van der Waals surface area contributed by atoms with Gasteiger partial charge in [-0.2, -0.15) is 0 Å². The maximum Gasteiger partial charge on any atom is 0.260 e. The number of aromatic nitrogens is 5. The third-order valence-electron chi connectivity index (χ3n) is 6.00. The lowest BCUT2D eigenvalue weighted by Gasteiger charge is -2.19. The zero-order chi connectivity index (χ0) is 30.3. The van der Waals surface area contributed by atoms with Gasteiger partial charge in [-0.15, -0.1) is 0 Å². The van der Waals surface area contributed by atoms with Gasteiger partial charge in [0.25, 0.3) is 5.89 Å². The molecule has 2 amide bonds. The molecule has 0 saturated heterocycles. The normalized spacial score (nSPS) is 12.6. The van der Waals surface area contributed by atoms with Crippen LogP contribution in [0.4, 0.5) is 0 Å². The second kappa shape index (κ2) is 13.0. The second-order valence-corrected chi connectivity index (χ2v) is 9.30. The van der Waals surface area contributed by atoms with Crippen LogP contribution in [0.25, 0.3) is 46.3 Å². The van der Waals surface area contributed by atoms with Crippen LogP contribution in [0, 0.1) is 0 Å². The molecule has 0 aliphatic rings. The molecular weight excluding hydrogens is 566 g/mol. The summed E-state index contributed by atoms with van der Waals surface area (Å²) < 4.78 is 26.9. The van der Waals surface area contributed by atoms with E-state index in [1.807, 2.05) is 0 Å². The quantitative estimate of drug-likeness (QED) is 0.105. The van der Waals surface area contributed by atoms with Crippen molar-refractivity contribution in [3.8, 4) is 46.3 Å². The molecule has 0 fully saturated rings. The van der Waals surface area contributed by atoms with Crippen molar-refractivity contribution < 1.29 is 36.5 Å². The Morgan fingerprint density at radius 2 is 1.33 bits per heavy atom. The maximum absolute atomic E-state index is 12.8. The van der Waals surface area contributed by atoms with Crippen molar-refractivity contribution in [2.75, 3.05) is 6.54 Å². The van der Waals surface area contributed by atoms with E-state index in [1.165, 1.54) is 38.2 Å². The fourth-order valence-corrected chi connectivity index (χ4v) is 3.78. The Hall–Kier alpha value is -5.42. The van der Waals surface area contributed by atoms with Crippen LogP contribution in [0.1, 0.15) is 42.6 Å². The summed E-state index contributed by atoms with van der Waals surface area (Å²) in [7, 11) is 0. The van der Waals surface area contributed by atoms with Crippen molar-refractivity contribution in [1.82, 2.24) is 35.6 Å². The molecule has 6 N–H and O–H groups in total. The van der Waals surface area contributed by atoms with Gasteiger partial charge in [-0.1, -0.05) is 0 Å². The first-order chi connectivity index (χ1) is 20.8. The summed E-state index contributed by atoms with van der Waals surface area (Å²) in [5.41, 5.74) is 12.6. The van der Waals surface area contributed by atoms with E-state index < -0.39 is 18.0 Å². The van der Waals surface area contributed by atoms with E-state index in [1.54, 1.807) is 0 Å². The average Bonchev–Trinajstić information content (AvgIpc) is 3.84. The molecule has 2 unspecified atom stereocenters. The third-order valence-corrected chi connectivity index (χ3v) is 6.00. The van der Waals surface area contributed by atoms with E-state index in [0.717, 1.165) is 6.42 Å². The molecule has 0 saturated carbocycles. The number of hydrogen-bond acceptors (Lipinski definition) is 15. The van der Waals surface area contributed by atoms with E-state index in [2.05, 4.69) is 35.6 Å². The number of carbonyl (C=O) groups is 3. The molecule has 17 heteroatoms. The summed E-state index contributed by atoms with van der Waals surface area (Å²) in [6, 6.07) is -1.51. The van der Waals surface area contributed by atoms with Gasteiger partial charge in [-0.05, 0) is 32.7 Å². The van der Waals surface area contributed by atoms with E-state index in [0.29, 0.717) is 31.4 Å². The zero-order valence-corrected chi connectivity index (χ0v) is 22.8. The summed E-state index contributed by atoms with van der Waals surface area (Å²) in [6.45, 7) is 2.07. The molecule has 224 valence electrons. The van der Waals surface area contributed by atoms with Gasteiger partial charge in [-0.3, -0.25) is 14.4 Å². The molecular formula is C26H27N9O8. The van der Waals surface area contributed by atoms with Gasteiger partial charge in [0.05, 0.1) is 18.3 Å². The number of rotatable bonds is 14. The largest absolute Gasteiger partial charge is 0.443 e. The number of nitrogens with one attached hydrogen (secondary N) is 2. The van der Waals surface area contributed by atoms with Crippen molar-refractivity contribution in [2.45, 2.75) is 44.8 Å². The molecule has 0 aliphatic carbocycles. The molecule has 0 aromatic carbocycles. The summed E-state index contributed by atoms with van der Waals surface area (Å²) >= 11 is 0. The summed E-state index contributed by atoms with van der Waals surface area (Å²) in [4.78, 5) is 56.8. The second-order valence-electron chi connectivity index (χ2n) is 9.30. The number of amides is 2. The van der Waals surface area contributed by atoms with E-state index in [9.17, 15) is 14.4 Å². The lowest BCUT2D eigenvalue weighted by atomic mass is 10.1. The number of oxazole rings is 5. The van der Waals surface area contributed by atoms with Crippen LogP contribution in [-0.4, -0.2) is 61.6 Å². The zero-order valence-electron chi connectivity index (χ0n) is 22.8. The van der Waals surface area contributed by atoms with Crippen LogP contribution in [0.5, 0.6) is 0 Å². The molecule has 0 aliphatic heterocycles. The molecule has 0 bridgehead atoms. The highest BCUT2D eigenvalue weighted by Gasteiger charge is 2.23. The molecule has 5 rings (SSSR count). The van der Waals surface area contributed by atoms with Gasteiger partial charge < -0.3 is 44.2 Å². The van der Waals surface area contributed by atoms with E-state index in [4.69, 9.17) is 33.6 Å². The fourth-order valence-electron chi connectivity index (χ4n) is 3.78. The maximum atomic E-state index is 12.8. The molecule has 0 radical (unpaired) electrons. The summed E-state index contributed by atoms with van der Waals surface area (Å²) in [6.07, 6.45) is 8.83. The van der Waals surface area contributed by atoms with E-state index in [-0.39, 0.29) is 64.7 Å². The van der Waals surface area contributed by atoms with Gasteiger partial charge in [0.1, 0.15) is 37.4 Å².